The van der Waals surface area contributed by atoms with Crippen LogP contribution in [0.1, 0.15) is 54.4 Å². The van der Waals surface area contributed by atoms with Gasteiger partial charge >= 0.3 is 11.9 Å². The highest BCUT2D eigenvalue weighted by Gasteiger charge is 2.20. The van der Waals surface area contributed by atoms with Crippen molar-refractivity contribution in [1.82, 2.24) is 0 Å². The normalized spacial score (nSPS) is 11.9. The van der Waals surface area contributed by atoms with Crippen molar-refractivity contribution in [2.45, 2.75) is 65.6 Å². The smallest absolute Gasteiger partial charge is 0.333 e. The molecule has 0 aliphatic rings. The second kappa shape index (κ2) is 6.03. The molecule has 0 N–H and O–H groups in total. The summed E-state index contributed by atoms with van der Waals surface area (Å²) in [5.74, 6) is -0.807. The van der Waals surface area contributed by atoms with Gasteiger partial charge in [-0.25, -0.2) is 4.79 Å². The Hall–Kier alpha value is -1.32. The first kappa shape index (κ1) is 16.7. The van der Waals surface area contributed by atoms with Crippen molar-refractivity contribution in [3.63, 3.8) is 0 Å². The molecule has 0 heterocycles. The van der Waals surface area contributed by atoms with Crippen LogP contribution in [0.2, 0.25) is 0 Å². The van der Waals surface area contributed by atoms with Gasteiger partial charge in [0.2, 0.25) is 0 Å². The Bertz CT molecular complexity index is 329. The lowest BCUT2D eigenvalue weighted by Gasteiger charge is -2.21. The highest BCUT2D eigenvalue weighted by Crippen LogP contribution is 2.15. The van der Waals surface area contributed by atoms with E-state index >= 15 is 0 Å². The van der Waals surface area contributed by atoms with Crippen LogP contribution in [-0.2, 0) is 19.1 Å². The van der Waals surface area contributed by atoms with E-state index in [-0.39, 0.29) is 24.4 Å². The average Bonchev–Trinajstić information content (AvgIpc) is 2.08. The molecule has 0 aliphatic carbocycles. The third-order valence-corrected chi connectivity index (χ3v) is 1.74. The third kappa shape index (κ3) is 8.79. The van der Waals surface area contributed by atoms with Crippen molar-refractivity contribution in [2.75, 3.05) is 0 Å². The van der Waals surface area contributed by atoms with Gasteiger partial charge in [0.1, 0.15) is 11.2 Å². The third-order valence-electron chi connectivity index (χ3n) is 1.74. The van der Waals surface area contributed by atoms with Crippen LogP contribution < -0.4 is 0 Å². The summed E-state index contributed by atoms with van der Waals surface area (Å²) in [7, 11) is 0. The highest BCUT2D eigenvalue weighted by molar-refractivity contribution is 5.88. The van der Waals surface area contributed by atoms with Crippen molar-refractivity contribution < 1.29 is 19.1 Å². The lowest BCUT2D eigenvalue weighted by molar-refractivity contribution is -0.154. The van der Waals surface area contributed by atoms with Crippen LogP contribution in [0.5, 0.6) is 0 Å². The Kier molecular flexibility index (Phi) is 5.58. The Morgan fingerprint density at radius 2 is 1.33 bits per heavy atom. The number of hydrogen-bond acceptors (Lipinski definition) is 4. The molecule has 0 amide bonds. The average molecular weight is 256 g/mol. The lowest BCUT2D eigenvalue weighted by atomic mass is 10.1. The van der Waals surface area contributed by atoms with Crippen molar-refractivity contribution in [3.8, 4) is 0 Å². The van der Waals surface area contributed by atoms with Crippen LogP contribution in [0.3, 0.4) is 0 Å². The summed E-state index contributed by atoms with van der Waals surface area (Å²) in [6.45, 7) is 14.4. The number of carbonyl (C=O) groups excluding carboxylic acids is 2. The minimum atomic E-state index is -0.550. The highest BCUT2D eigenvalue weighted by atomic mass is 16.6. The minimum absolute atomic E-state index is 0.134. The van der Waals surface area contributed by atoms with Crippen molar-refractivity contribution in [2.24, 2.45) is 0 Å². The Morgan fingerprint density at radius 1 is 0.889 bits per heavy atom. The van der Waals surface area contributed by atoms with Crippen LogP contribution in [0.15, 0.2) is 12.2 Å². The monoisotopic (exact) mass is 256 g/mol. The van der Waals surface area contributed by atoms with Crippen LogP contribution in [-0.4, -0.2) is 23.1 Å². The zero-order valence-electron chi connectivity index (χ0n) is 12.3. The van der Waals surface area contributed by atoms with E-state index in [4.69, 9.17) is 9.47 Å². The minimum Gasteiger partial charge on any atom is -0.460 e. The molecule has 0 aromatic heterocycles. The summed E-state index contributed by atoms with van der Waals surface area (Å²) < 4.78 is 10.3. The van der Waals surface area contributed by atoms with Gasteiger partial charge in [0, 0.05) is 12.0 Å². The second-order valence-corrected chi connectivity index (χ2v) is 6.19. The van der Waals surface area contributed by atoms with Crippen molar-refractivity contribution >= 4 is 11.9 Å². The summed E-state index contributed by atoms with van der Waals surface area (Å²) in [5.41, 5.74) is -0.771. The fraction of sp³-hybridized carbons (Fsp3) is 0.714. The topological polar surface area (TPSA) is 52.6 Å². The summed E-state index contributed by atoms with van der Waals surface area (Å²) in [6.07, 6.45) is 0.388. The summed E-state index contributed by atoms with van der Waals surface area (Å²) in [6, 6.07) is 0. The first-order chi connectivity index (χ1) is 7.91. The van der Waals surface area contributed by atoms with Crippen molar-refractivity contribution in [3.05, 3.63) is 12.2 Å². The molecule has 104 valence electrons. The molecular formula is C14H24O4. The maximum Gasteiger partial charge on any atom is 0.333 e. The van der Waals surface area contributed by atoms with Gasteiger partial charge in [0.25, 0.3) is 0 Å². The van der Waals surface area contributed by atoms with E-state index < -0.39 is 17.2 Å². The molecule has 4 heteroatoms. The Labute approximate surface area is 109 Å². The molecule has 0 bridgehead atoms. The van der Waals surface area contributed by atoms with E-state index in [9.17, 15) is 9.59 Å². The molecule has 0 atom stereocenters. The number of carbonyl (C=O) groups is 2. The van der Waals surface area contributed by atoms with Gasteiger partial charge in [0.15, 0.2) is 0 Å². The largest absolute Gasteiger partial charge is 0.460 e. The zero-order chi connectivity index (χ0) is 14.6. The lowest BCUT2D eigenvalue weighted by Crippen LogP contribution is -2.26. The maximum absolute atomic E-state index is 11.6. The SMILES string of the molecule is C=C(CCC(=O)OC(C)(C)C)C(=O)OC(C)(C)C. The first-order valence-electron chi connectivity index (χ1n) is 6.04. The van der Waals surface area contributed by atoms with Gasteiger partial charge < -0.3 is 9.47 Å². The molecule has 0 saturated carbocycles. The molecule has 0 aliphatic heterocycles. The number of esters is 2. The molecule has 0 rings (SSSR count). The molecule has 0 fully saturated rings. The van der Waals surface area contributed by atoms with Crippen LogP contribution in [0.25, 0.3) is 0 Å². The molecule has 18 heavy (non-hydrogen) atoms. The van der Waals surface area contributed by atoms with Gasteiger partial charge in [-0.15, -0.1) is 0 Å². The van der Waals surface area contributed by atoms with Crippen molar-refractivity contribution in [1.29, 1.82) is 0 Å². The molecule has 0 unspecified atom stereocenters. The quantitative estimate of drug-likeness (QED) is 0.573. The molecule has 0 radical (unpaired) electrons. The first-order valence-corrected chi connectivity index (χ1v) is 6.04. The van der Waals surface area contributed by atoms with E-state index in [1.165, 1.54) is 0 Å². The predicted molar refractivity (Wildman–Crippen MR) is 70.1 cm³/mol. The summed E-state index contributed by atoms with van der Waals surface area (Å²) >= 11 is 0. The Balaban J connectivity index is 4.12. The fourth-order valence-electron chi connectivity index (χ4n) is 1.10. The predicted octanol–water partition coefficient (Wildman–Crippen LogP) is 3.01. The van der Waals surface area contributed by atoms with Crippen LogP contribution >= 0.6 is 0 Å². The number of ether oxygens (including phenoxy) is 2. The standard InChI is InChI=1S/C14H24O4/c1-10(12(16)18-14(5,6)7)8-9-11(15)17-13(2,3)4/h1,8-9H2,2-7H3. The fourth-order valence-corrected chi connectivity index (χ4v) is 1.10. The van der Waals surface area contributed by atoms with E-state index in [0.717, 1.165) is 0 Å². The summed E-state index contributed by atoms with van der Waals surface area (Å²) in [5, 5.41) is 0. The zero-order valence-corrected chi connectivity index (χ0v) is 12.3. The van der Waals surface area contributed by atoms with Crippen LogP contribution in [0.4, 0.5) is 0 Å². The number of rotatable bonds is 4. The Morgan fingerprint density at radius 3 is 1.72 bits per heavy atom. The molecule has 4 nitrogen and oxygen atoms in total. The molecule has 0 saturated heterocycles. The molecule has 0 spiro atoms. The van der Waals surface area contributed by atoms with Gasteiger partial charge in [-0.05, 0) is 48.0 Å². The van der Waals surface area contributed by atoms with Crippen LogP contribution in [0, 0.1) is 0 Å². The molecular weight excluding hydrogens is 232 g/mol. The second-order valence-electron chi connectivity index (χ2n) is 6.19. The van der Waals surface area contributed by atoms with E-state index in [1.807, 2.05) is 0 Å². The number of hydrogen-bond donors (Lipinski definition) is 0. The summed E-state index contributed by atoms with van der Waals surface area (Å²) in [4.78, 5) is 23.0. The van der Waals surface area contributed by atoms with Gasteiger partial charge in [-0.1, -0.05) is 6.58 Å². The van der Waals surface area contributed by atoms with Gasteiger partial charge in [0.05, 0.1) is 0 Å². The van der Waals surface area contributed by atoms with E-state index in [1.54, 1.807) is 41.5 Å². The van der Waals surface area contributed by atoms with E-state index in [0.29, 0.717) is 0 Å². The molecule has 0 aromatic carbocycles. The van der Waals surface area contributed by atoms with Gasteiger partial charge in [-0.3, -0.25) is 4.79 Å². The van der Waals surface area contributed by atoms with E-state index in [2.05, 4.69) is 6.58 Å². The van der Waals surface area contributed by atoms with Gasteiger partial charge in [-0.2, -0.15) is 0 Å². The molecule has 0 aromatic rings. The maximum atomic E-state index is 11.6.